The summed E-state index contributed by atoms with van der Waals surface area (Å²) in [5.41, 5.74) is 0.155. The lowest BCUT2D eigenvalue weighted by atomic mass is 10.0. The summed E-state index contributed by atoms with van der Waals surface area (Å²) in [6.45, 7) is -0.502. The van der Waals surface area contributed by atoms with Gasteiger partial charge in [0.2, 0.25) is 0 Å². The fourth-order valence-corrected chi connectivity index (χ4v) is 1.61. The van der Waals surface area contributed by atoms with Crippen LogP contribution in [0.3, 0.4) is 0 Å². The quantitative estimate of drug-likeness (QED) is 0.301. The highest BCUT2D eigenvalue weighted by atomic mass is 17.3. The highest BCUT2D eigenvalue weighted by Crippen LogP contribution is 2.25. The Hall–Kier alpha value is -1.55. The molecule has 4 atom stereocenters. The Morgan fingerprint density at radius 2 is 1.90 bits per heavy atom. The van der Waals surface area contributed by atoms with Crippen LogP contribution >= 0.6 is 0 Å². The van der Waals surface area contributed by atoms with Crippen molar-refractivity contribution >= 4 is 5.97 Å². The zero-order valence-corrected chi connectivity index (χ0v) is 10.2. The zero-order valence-electron chi connectivity index (χ0n) is 10.2. The van der Waals surface area contributed by atoms with Crippen molar-refractivity contribution in [2.24, 2.45) is 0 Å². The molecule has 0 aromatic heterocycles. The summed E-state index contributed by atoms with van der Waals surface area (Å²) >= 11 is 0. The number of hydrogen-bond acceptors (Lipinski definition) is 8. The second-order valence-electron chi connectivity index (χ2n) is 4.26. The van der Waals surface area contributed by atoms with Crippen LogP contribution in [0, 0.1) is 0 Å². The molecule has 0 radical (unpaired) electrons. The first kappa shape index (κ1) is 14.9. The first-order chi connectivity index (χ1) is 9.44. The minimum Gasteiger partial charge on any atom is -0.388 e. The van der Waals surface area contributed by atoms with Crippen molar-refractivity contribution < 1.29 is 39.7 Å². The van der Waals surface area contributed by atoms with E-state index >= 15 is 0 Å². The summed E-state index contributed by atoms with van der Waals surface area (Å²) in [6.07, 6.45) is -5.10. The molecule has 0 unspecified atom stereocenters. The standard InChI is InChI=1S/C12H14O8/c13-8-6-18-12(17,10(15)9(8)14)20-19-11(16)7-4-2-1-3-5-7/h1-5,8-10,13-15,17H,6H2/t8-,9-,10+,12+/m1/s1. The Bertz CT molecular complexity index is 464. The van der Waals surface area contributed by atoms with Gasteiger partial charge in [-0.1, -0.05) is 18.2 Å². The molecule has 1 aliphatic heterocycles. The predicted molar refractivity (Wildman–Crippen MR) is 61.9 cm³/mol. The van der Waals surface area contributed by atoms with Gasteiger partial charge in [0.25, 0.3) is 0 Å². The molecule has 1 aromatic rings. The van der Waals surface area contributed by atoms with E-state index in [2.05, 4.69) is 14.5 Å². The van der Waals surface area contributed by atoms with Crippen LogP contribution in [0.5, 0.6) is 0 Å². The largest absolute Gasteiger partial charge is 0.388 e. The molecule has 1 fully saturated rings. The molecule has 1 aliphatic rings. The van der Waals surface area contributed by atoms with Crippen molar-refractivity contribution in [3.63, 3.8) is 0 Å². The van der Waals surface area contributed by atoms with E-state index < -0.39 is 36.9 Å². The van der Waals surface area contributed by atoms with Crippen molar-refractivity contribution in [3.8, 4) is 0 Å². The van der Waals surface area contributed by atoms with Crippen LogP contribution in [0.15, 0.2) is 30.3 Å². The van der Waals surface area contributed by atoms with Gasteiger partial charge in [0.1, 0.15) is 12.2 Å². The van der Waals surface area contributed by atoms with Gasteiger partial charge in [-0.15, -0.1) is 4.89 Å². The topological polar surface area (TPSA) is 126 Å². The minimum absolute atomic E-state index is 0.155. The van der Waals surface area contributed by atoms with E-state index in [4.69, 9.17) is 0 Å². The van der Waals surface area contributed by atoms with Gasteiger partial charge in [0.15, 0.2) is 6.10 Å². The molecule has 4 N–H and O–H groups in total. The van der Waals surface area contributed by atoms with Crippen molar-refractivity contribution in [2.45, 2.75) is 24.3 Å². The molecule has 8 nitrogen and oxygen atoms in total. The van der Waals surface area contributed by atoms with Gasteiger partial charge in [-0.3, -0.25) is 4.89 Å². The fraction of sp³-hybridized carbons (Fsp3) is 0.417. The van der Waals surface area contributed by atoms with E-state index in [0.717, 1.165) is 0 Å². The van der Waals surface area contributed by atoms with E-state index in [-0.39, 0.29) is 5.56 Å². The highest BCUT2D eigenvalue weighted by Gasteiger charge is 2.52. The third kappa shape index (κ3) is 2.96. The number of aliphatic hydroxyl groups excluding tert-OH is 3. The lowest BCUT2D eigenvalue weighted by Crippen LogP contribution is -2.62. The maximum atomic E-state index is 11.6. The molecule has 0 amide bonds. The Morgan fingerprint density at radius 3 is 2.55 bits per heavy atom. The van der Waals surface area contributed by atoms with Gasteiger partial charge < -0.3 is 25.2 Å². The monoisotopic (exact) mass is 286 g/mol. The molecule has 8 heteroatoms. The first-order valence-electron chi connectivity index (χ1n) is 5.79. The molecule has 0 bridgehead atoms. The minimum atomic E-state index is -2.75. The number of ether oxygens (including phenoxy) is 1. The van der Waals surface area contributed by atoms with Gasteiger partial charge in [-0.25, -0.2) is 4.79 Å². The number of hydrogen-bond donors (Lipinski definition) is 4. The van der Waals surface area contributed by atoms with Crippen LogP contribution < -0.4 is 0 Å². The smallest absolute Gasteiger partial charge is 0.373 e. The van der Waals surface area contributed by atoms with Crippen LogP contribution in [0.4, 0.5) is 0 Å². The van der Waals surface area contributed by atoms with Gasteiger partial charge in [-0.05, 0) is 12.1 Å². The van der Waals surface area contributed by atoms with Crippen molar-refractivity contribution in [1.29, 1.82) is 0 Å². The number of rotatable bonds is 3. The Morgan fingerprint density at radius 1 is 1.25 bits per heavy atom. The van der Waals surface area contributed by atoms with Gasteiger partial charge in [-0.2, -0.15) is 0 Å². The number of carbonyl (C=O) groups is 1. The summed E-state index contributed by atoms with van der Waals surface area (Å²) in [6, 6.07) is 7.78. The maximum Gasteiger partial charge on any atom is 0.373 e. The van der Waals surface area contributed by atoms with E-state index in [1.54, 1.807) is 18.2 Å². The normalized spacial score (nSPS) is 33.7. The molecular weight excluding hydrogens is 272 g/mol. The number of aliphatic hydroxyl groups is 4. The van der Waals surface area contributed by atoms with Gasteiger partial charge in [0, 0.05) is 0 Å². The maximum absolute atomic E-state index is 11.6. The van der Waals surface area contributed by atoms with Gasteiger partial charge >= 0.3 is 11.9 Å². The van der Waals surface area contributed by atoms with Crippen molar-refractivity contribution in [1.82, 2.24) is 0 Å². The van der Waals surface area contributed by atoms with Crippen LogP contribution in [0.2, 0.25) is 0 Å². The van der Waals surface area contributed by atoms with Crippen LogP contribution in [0.1, 0.15) is 10.4 Å². The molecule has 0 aliphatic carbocycles. The molecule has 0 saturated carbocycles. The molecule has 1 heterocycles. The molecule has 20 heavy (non-hydrogen) atoms. The van der Waals surface area contributed by atoms with Crippen molar-refractivity contribution in [3.05, 3.63) is 35.9 Å². The lowest BCUT2D eigenvalue weighted by molar-refractivity contribution is -0.514. The summed E-state index contributed by atoms with van der Waals surface area (Å²) in [4.78, 5) is 20.3. The third-order valence-corrected chi connectivity index (χ3v) is 2.80. The Balaban J connectivity index is 1.98. The lowest BCUT2D eigenvalue weighted by Gasteiger charge is -2.38. The first-order valence-corrected chi connectivity index (χ1v) is 5.79. The summed E-state index contributed by atoms with van der Waals surface area (Å²) in [5.74, 6) is -3.67. The molecule has 110 valence electrons. The van der Waals surface area contributed by atoms with Crippen LogP contribution in [-0.4, -0.2) is 57.3 Å². The summed E-state index contributed by atoms with van der Waals surface area (Å²) < 4.78 is 4.64. The second-order valence-corrected chi connectivity index (χ2v) is 4.26. The Kier molecular flexibility index (Phi) is 4.33. The van der Waals surface area contributed by atoms with Crippen molar-refractivity contribution in [2.75, 3.05) is 6.61 Å². The van der Waals surface area contributed by atoms with Crippen LogP contribution in [0.25, 0.3) is 0 Å². The summed E-state index contributed by atoms with van der Waals surface area (Å²) in [7, 11) is 0. The average Bonchev–Trinajstić information content (AvgIpc) is 2.48. The predicted octanol–water partition coefficient (Wildman–Crippen LogP) is -1.47. The van der Waals surface area contributed by atoms with E-state index in [1.165, 1.54) is 12.1 Å². The SMILES string of the molecule is O=C(OO[C@@]1(O)OC[C@@H](O)[C@@H](O)[C@@H]1O)c1ccccc1. The summed E-state index contributed by atoms with van der Waals surface area (Å²) in [5, 5.41) is 38.0. The molecular formula is C12H14O8. The second kappa shape index (κ2) is 5.83. The van der Waals surface area contributed by atoms with E-state index in [1.807, 2.05) is 0 Å². The molecule has 2 rings (SSSR count). The van der Waals surface area contributed by atoms with E-state index in [0.29, 0.717) is 0 Å². The molecule has 0 spiro atoms. The third-order valence-electron chi connectivity index (χ3n) is 2.80. The Labute approximate surface area is 113 Å². The fourth-order valence-electron chi connectivity index (χ4n) is 1.61. The number of carbonyl (C=O) groups excluding carboxylic acids is 1. The van der Waals surface area contributed by atoms with E-state index in [9.17, 15) is 25.2 Å². The number of benzene rings is 1. The molecule has 1 aromatic carbocycles. The van der Waals surface area contributed by atoms with Gasteiger partial charge in [0.05, 0.1) is 12.2 Å². The average molecular weight is 286 g/mol. The molecule has 1 saturated heterocycles. The highest BCUT2D eigenvalue weighted by molar-refractivity contribution is 5.88. The van der Waals surface area contributed by atoms with Crippen LogP contribution in [-0.2, 0) is 14.5 Å². The zero-order chi connectivity index (χ0) is 14.8.